The van der Waals surface area contributed by atoms with Crippen LogP contribution in [0.3, 0.4) is 0 Å². The summed E-state index contributed by atoms with van der Waals surface area (Å²) in [4.78, 5) is 35.3. The maximum atomic E-state index is 12.0. The molecule has 0 aliphatic rings. The number of carbonyl (C=O) groups is 3. The Bertz CT molecular complexity index is 768. The normalized spacial score (nSPS) is 10.5. The first-order chi connectivity index (χ1) is 12.1. The van der Waals surface area contributed by atoms with Crippen molar-refractivity contribution in [3.63, 3.8) is 0 Å². The Morgan fingerprint density at radius 1 is 1.16 bits per heavy atom. The Hall–Kier alpha value is -2.87. The van der Waals surface area contributed by atoms with Gasteiger partial charge in [-0.1, -0.05) is 18.2 Å². The first-order valence-electron chi connectivity index (χ1n) is 7.64. The zero-order chi connectivity index (χ0) is 18.2. The second-order valence-electron chi connectivity index (χ2n) is 5.18. The highest BCUT2D eigenvalue weighted by atomic mass is 16.5. The van der Waals surface area contributed by atoms with Gasteiger partial charge in [0.15, 0.2) is 6.61 Å². The smallest absolute Gasteiger partial charge is 0.340 e. The lowest BCUT2D eigenvalue weighted by Crippen LogP contribution is -2.31. The van der Waals surface area contributed by atoms with Crippen LogP contribution >= 0.6 is 0 Å². The minimum Gasteiger partial charge on any atom is -0.465 e. The molecule has 0 radical (unpaired) electrons. The predicted molar refractivity (Wildman–Crippen MR) is 89.1 cm³/mol. The Morgan fingerprint density at radius 3 is 2.64 bits per heavy atom. The third kappa shape index (κ3) is 4.80. The van der Waals surface area contributed by atoms with E-state index in [2.05, 4.69) is 5.32 Å². The van der Waals surface area contributed by atoms with Crippen molar-refractivity contribution in [3.8, 4) is 0 Å². The molecule has 0 atom stereocenters. The van der Waals surface area contributed by atoms with Crippen LogP contribution in [0.2, 0.25) is 0 Å². The van der Waals surface area contributed by atoms with Gasteiger partial charge in [-0.3, -0.25) is 9.59 Å². The molecule has 2 rings (SSSR count). The lowest BCUT2D eigenvalue weighted by molar-refractivity contribution is -0.149. The first-order valence-corrected chi connectivity index (χ1v) is 7.64. The second kappa shape index (κ2) is 8.84. The van der Waals surface area contributed by atoms with E-state index in [0.29, 0.717) is 29.6 Å². The van der Waals surface area contributed by atoms with Crippen LogP contribution in [0.5, 0.6) is 0 Å². The highest BCUT2D eigenvalue weighted by molar-refractivity contribution is 6.04. The minimum atomic E-state index is -0.584. The number of carbonyl (C=O) groups excluding carboxylic acids is 3. The molecule has 2 aromatic rings. The van der Waals surface area contributed by atoms with Crippen LogP contribution in [-0.4, -0.2) is 56.4 Å². The number of rotatable bonds is 8. The zero-order valence-electron chi connectivity index (χ0n) is 14.1. The first kappa shape index (κ1) is 18.5. The molecule has 1 N–H and O–H groups in total. The number of nitrogens with one attached hydrogen (secondary N) is 1. The summed E-state index contributed by atoms with van der Waals surface area (Å²) in [6.07, 6.45) is 1.54. The number of nitrogens with zero attached hydrogens (tertiary/aromatic N) is 1. The van der Waals surface area contributed by atoms with Gasteiger partial charge < -0.3 is 24.1 Å². The van der Waals surface area contributed by atoms with Gasteiger partial charge in [-0.25, -0.2) is 4.79 Å². The summed E-state index contributed by atoms with van der Waals surface area (Å²) in [5, 5.41) is 3.23. The number of fused-ring (bicyclic) bond motifs is 1. The van der Waals surface area contributed by atoms with Crippen LogP contribution in [0.4, 0.5) is 0 Å². The number of methoxy groups -OCH3 is 2. The monoisotopic (exact) mass is 348 g/mol. The van der Waals surface area contributed by atoms with Gasteiger partial charge in [-0.05, 0) is 6.07 Å². The third-order valence-electron chi connectivity index (χ3n) is 3.49. The predicted octanol–water partition coefficient (Wildman–Crippen LogP) is 0.734. The number of hydrogen-bond acceptors (Lipinski definition) is 6. The van der Waals surface area contributed by atoms with E-state index in [4.69, 9.17) is 14.2 Å². The fraction of sp³-hybridized carbons (Fsp3) is 0.353. The second-order valence-corrected chi connectivity index (χ2v) is 5.18. The molecule has 0 saturated heterocycles. The Morgan fingerprint density at radius 2 is 1.92 bits per heavy atom. The van der Waals surface area contributed by atoms with Gasteiger partial charge in [-0.2, -0.15) is 0 Å². The molecule has 1 aromatic carbocycles. The highest BCUT2D eigenvalue weighted by Gasteiger charge is 2.17. The fourth-order valence-electron chi connectivity index (χ4n) is 2.32. The van der Waals surface area contributed by atoms with E-state index < -0.39 is 17.8 Å². The Labute approximate surface area is 144 Å². The number of para-hydroxylation sites is 1. The number of esters is 2. The van der Waals surface area contributed by atoms with Crippen LogP contribution < -0.4 is 5.32 Å². The lowest BCUT2D eigenvalue weighted by atomic mass is 10.2. The van der Waals surface area contributed by atoms with Gasteiger partial charge in [0.2, 0.25) is 0 Å². The summed E-state index contributed by atoms with van der Waals surface area (Å²) in [6.45, 7) is 0.234. The van der Waals surface area contributed by atoms with Crippen LogP contribution in [0.25, 0.3) is 10.9 Å². The number of ether oxygens (including phenoxy) is 3. The number of benzene rings is 1. The van der Waals surface area contributed by atoms with E-state index >= 15 is 0 Å². The van der Waals surface area contributed by atoms with Gasteiger partial charge in [0, 0.05) is 30.8 Å². The molecule has 0 aliphatic heterocycles. The van der Waals surface area contributed by atoms with E-state index in [0.717, 1.165) is 0 Å². The molecule has 0 unspecified atom stereocenters. The van der Waals surface area contributed by atoms with Crippen LogP contribution in [0, 0.1) is 0 Å². The summed E-state index contributed by atoms with van der Waals surface area (Å²) < 4.78 is 16.1. The van der Waals surface area contributed by atoms with Crippen LogP contribution in [-0.2, 0) is 30.3 Å². The Balaban J connectivity index is 2.01. The number of amides is 1. The molecular weight excluding hydrogens is 328 g/mol. The number of aromatic nitrogens is 1. The number of hydrogen-bond donors (Lipinski definition) is 1. The third-order valence-corrected chi connectivity index (χ3v) is 3.49. The largest absolute Gasteiger partial charge is 0.465 e. The summed E-state index contributed by atoms with van der Waals surface area (Å²) in [5.74, 6) is -1.47. The highest BCUT2D eigenvalue weighted by Crippen LogP contribution is 2.22. The summed E-state index contributed by atoms with van der Waals surface area (Å²) in [7, 11) is 2.82. The van der Waals surface area contributed by atoms with E-state index in [1.165, 1.54) is 20.4 Å². The average Bonchev–Trinajstić information content (AvgIpc) is 2.98. The van der Waals surface area contributed by atoms with Gasteiger partial charge in [-0.15, -0.1) is 0 Å². The maximum Gasteiger partial charge on any atom is 0.340 e. The minimum absolute atomic E-state index is 0.122. The fourth-order valence-corrected chi connectivity index (χ4v) is 2.32. The topological polar surface area (TPSA) is 95.9 Å². The van der Waals surface area contributed by atoms with E-state index in [9.17, 15) is 14.4 Å². The molecular formula is C17H20N2O6. The van der Waals surface area contributed by atoms with Crippen LogP contribution in [0.1, 0.15) is 10.4 Å². The van der Waals surface area contributed by atoms with Crippen molar-refractivity contribution < 1.29 is 28.6 Å². The van der Waals surface area contributed by atoms with Crippen molar-refractivity contribution in [1.82, 2.24) is 9.88 Å². The van der Waals surface area contributed by atoms with Crippen molar-refractivity contribution in [2.24, 2.45) is 0 Å². The summed E-state index contributed by atoms with van der Waals surface area (Å²) in [6, 6.07) is 7.15. The van der Waals surface area contributed by atoms with E-state index in [1.54, 1.807) is 28.8 Å². The van der Waals surface area contributed by atoms with Crippen molar-refractivity contribution in [2.75, 3.05) is 34.0 Å². The molecule has 134 valence electrons. The molecule has 0 fully saturated rings. The van der Waals surface area contributed by atoms with Crippen molar-refractivity contribution in [2.45, 2.75) is 6.54 Å². The van der Waals surface area contributed by atoms with E-state index in [-0.39, 0.29) is 13.2 Å². The molecule has 0 bridgehead atoms. The molecule has 0 spiro atoms. The van der Waals surface area contributed by atoms with Gasteiger partial charge in [0.25, 0.3) is 5.91 Å². The van der Waals surface area contributed by atoms with Crippen molar-refractivity contribution in [1.29, 1.82) is 0 Å². The summed E-state index contributed by atoms with van der Waals surface area (Å²) >= 11 is 0. The lowest BCUT2D eigenvalue weighted by Gasteiger charge is -2.07. The quantitative estimate of drug-likeness (QED) is 0.558. The van der Waals surface area contributed by atoms with Crippen molar-refractivity contribution >= 4 is 28.7 Å². The molecule has 0 aliphatic carbocycles. The average molecular weight is 348 g/mol. The molecule has 0 saturated carbocycles. The molecule has 1 heterocycles. The van der Waals surface area contributed by atoms with Gasteiger partial charge in [0.05, 0.1) is 19.3 Å². The Kier molecular flexibility index (Phi) is 6.53. The molecule has 25 heavy (non-hydrogen) atoms. The maximum absolute atomic E-state index is 12.0. The SMILES string of the molecule is COCCNC(=O)COC(=O)Cn1cc(C(=O)OC)c2ccccc21. The standard InChI is InChI=1S/C17H20N2O6/c1-23-8-7-18-15(20)11-25-16(21)10-19-9-13(17(22)24-2)12-5-3-4-6-14(12)19/h3-6,9H,7-8,10-11H2,1-2H3,(H,18,20). The summed E-state index contributed by atoms with van der Waals surface area (Å²) in [5.41, 5.74) is 1.06. The van der Waals surface area contributed by atoms with Gasteiger partial charge >= 0.3 is 11.9 Å². The molecule has 8 nitrogen and oxygen atoms in total. The molecule has 1 amide bonds. The molecule has 8 heteroatoms. The molecule has 1 aromatic heterocycles. The van der Waals surface area contributed by atoms with Crippen LogP contribution in [0.15, 0.2) is 30.5 Å². The zero-order valence-corrected chi connectivity index (χ0v) is 14.1. The van der Waals surface area contributed by atoms with Gasteiger partial charge in [0.1, 0.15) is 6.54 Å². The van der Waals surface area contributed by atoms with E-state index in [1.807, 2.05) is 0 Å². The van der Waals surface area contributed by atoms with Crippen molar-refractivity contribution in [3.05, 3.63) is 36.0 Å².